The maximum absolute atomic E-state index is 11.7. The standard InChI is InChI=1S/C9H10ClF3N2O2/c10-7-8(16)15(4-2-14-7)3-1-5-17-6-9(11,12)13/h2,4H,1,3,5-6H2. The van der Waals surface area contributed by atoms with E-state index >= 15 is 0 Å². The van der Waals surface area contributed by atoms with Crippen LogP contribution >= 0.6 is 11.6 Å². The Bertz CT molecular complexity index is 419. The van der Waals surface area contributed by atoms with E-state index in [0.717, 1.165) is 0 Å². The zero-order valence-corrected chi connectivity index (χ0v) is 9.46. The van der Waals surface area contributed by atoms with Crippen molar-refractivity contribution in [2.45, 2.75) is 19.1 Å². The number of aryl methyl sites for hydroxylation is 1. The van der Waals surface area contributed by atoms with Gasteiger partial charge in [-0.05, 0) is 6.42 Å². The van der Waals surface area contributed by atoms with Gasteiger partial charge in [0.05, 0.1) is 0 Å². The Balaban J connectivity index is 2.32. The van der Waals surface area contributed by atoms with Gasteiger partial charge >= 0.3 is 6.18 Å². The molecule has 0 unspecified atom stereocenters. The minimum atomic E-state index is -4.32. The van der Waals surface area contributed by atoms with Crippen LogP contribution in [-0.4, -0.2) is 28.9 Å². The number of aromatic nitrogens is 2. The summed E-state index contributed by atoms with van der Waals surface area (Å²) in [4.78, 5) is 14.9. The lowest BCUT2D eigenvalue weighted by Gasteiger charge is -2.08. The molecule has 0 aliphatic heterocycles. The Kier molecular flexibility index (Phi) is 4.95. The smallest absolute Gasteiger partial charge is 0.372 e. The summed E-state index contributed by atoms with van der Waals surface area (Å²) in [6.45, 7) is -1.12. The third kappa shape index (κ3) is 5.18. The van der Waals surface area contributed by atoms with Crippen LogP contribution < -0.4 is 5.56 Å². The normalized spacial score (nSPS) is 11.8. The van der Waals surface area contributed by atoms with E-state index < -0.39 is 18.3 Å². The van der Waals surface area contributed by atoms with E-state index in [1.54, 1.807) is 0 Å². The van der Waals surface area contributed by atoms with Crippen molar-refractivity contribution >= 4 is 11.6 Å². The van der Waals surface area contributed by atoms with Gasteiger partial charge in [0.2, 0.25) is 0 Å². The maximum Gasteiger partial charge on any atom is 0.411 e. The van der Waals surface area contributed by atoms with E-state index in [-0.39, 0.29) is 24.7 Å². The lowest BCUT2D eigenvalue weighted by molar-refractivity contribution is -0.174. The van der Waals surface area contributed by atoms with Crippen LogP contribution in [-0.2, 0) is 11.3 Å². The van der Waals surface area contributed by atoms with Gasteiger partial charge in [0.1, 0.15) is 6.61 Å². The van der Waals surface area contributed by atoms with Gasteiger partial charge in [-0.15, -0.1) is 0 Å². The summed E-state index contributed by atoms with van der Waals surface area (Å²) in [6.07, 6.45) is -1.27. The van der Waals surface area contributed by atoms with Crippen molar-refractivity contribution in [1.82, 2.24) is 9.55 Å². The first kappa shape index (κ1) is 14.0. The molecule has 0 aromatic carbocycles. The molecule has 0 N–H and O–H groups in total. The van der Waals surface area contributed by atoms with Crippen LogP contribution in [0.3, 0.4) is 0 Å². The number of hydrogen-bond donors (Lipinski definition) is 0. The molecular formula is C9H10ClF3N2O2. The molecule has 0 bridgehead atoms. The van der Waals surface area contributed by atoms with Crippen molar-refractivity contribution in [1.29, 1.82) is 0 Å². The molecule has 1 aromatic heterocycles. The van der Waals surface area contributed by atoms with Gasteiger partial charge in [0.15, 0.2) is 5.15 Å². The Hall–Kier alpha value is -1.08. The molecule has 0 aliphatic carbocycles. The first-order chi connectivity index (χ1) is 7.90. The molecule has 0 fully saturated rings. The Morgan fingerprint density at radius 1 is 1.47 bits per heavy atom. The molecule has 0 spiro atoms. The third-order valence-electron chi connectivity index (χ3n) is 1.83. The quantitative estimate of drug-likeness (QED) is 0.767. The minimum Gasteiger partial charge on any atom is -0.372 e. The lowest BCUT2D eigenvalue weighted by Crippen LogP contribution is -2.22. The van der Waals surface area contributed by atoms with Gasteiger partial charge in [0.25, 0.3) is 5.56 Å². The zero-order chi connectivity index (χ0) is 12.9. The SMILES string of the molecule is O=c1c(Cl)nccn1CCCOCC(F)(F)F. The third-order valence-corrected chi connectivity index (χ3v) is 2.08. The highest BCUT2D eigenvalue weighted by Gasteiger charge is 2.27. The Labute approximate surface area is 100.0 Å². The summed E-state index contributed by atoms with van der Waals surface area (Å²) in [5.41, 5.74) is -0.468. The van der Waals surface area contributed by atoms with Gasteiger partial charge in [-0.2, -0.15) is 13.2 Å². The molecule has 0 radical (unpaired) electrons. The number of nitrogens with zero attached hydrogens (tertiary/aromatic N) is 2. The van der Waals surface area contributed by atoms with E-state index in [9.17, 15) is 18.0 Å². The predicted octanol–water partition coefficient (Wildman–Crippen LogP) is 1.87. The van der Waals surface area contributed by atoms with Crippen molar-refractivity contribution in [3.63, 3.8) is 0 Å². The van der Waals surface area contributed by atoms with Crippen molar-refractivity contribution in [2.75, 3.05) is 13.2 Å². The second-order valence-corrected chi connectivity index (χ2v) is 3.60. The number of hydrogen-bond acceptors (Lipinski definition) is 3. The van der Waals surface area contributed by atoms with E-state index in [1.165, 1.54) is 17.0 Å². The summed E-state index contributed by atoms with van der Waals surface area (Å²) < 4.78 is 40.8. The molecule has 0 saturated carbocycles. The van der Waals surface area contributed by atoms with Crippen molar-refractivity contribution in [3.8, 4) is 0 Å². The van der Waals surface area contributed by atoms with Crippen molar-refractivity contribution in [3.05, 3.63) is 27.9 Å². The van der Waals surface area contributed by atoms with Gasteiger partial charge in [-0.25, -0.2) is 4.98 Å². The molecule has 0 aliphatic rings. The fourth-order valence-electron chi connectivity index (χ4n) is 1.12. The second kappa shape index (κ2) is 6.02. The van der Waals surface area contributed by atoms with Crippen LogP contribution in [0.5, 0.6) is 0 Å². The molecule has 1 rings (SSSR count). The van der Waals surface area contributed by atoms with Crippen LogP contribution in [0, 0.1) is 0 Å². The van der Waals surface area contributed by atoms with Gasteiger partial charge in [-0.1, -0.05) is 11.6 Å². The summed E-state index contributed by atoms with van der Waals surface area (Å²) >= 11 is 5.49. The van der Waals surface area contributed by atoms with Crippen LogP contribution in [0.2, 0.25) is 5.15 Å². The van der Waals surface area contributed by atoms with E-state index in [4.69, 9.17) is 11.6 Å². The highest BCUT2D eigenvalue weighted by Crippen LogP contribution is 2.14. The molecule has 8 heteroatoms. The van der Waals surface area contributed by atoms with E-state index in [0.29, 0.717) is 0 Å². The van der Waals surface area contributed by atoms with Gasteiger partial charge < -0.3 is 9.30 Å². The first-order valence-corrected chi connectivity index (χ1v) is 5.13. The summed E-state index contributed by atoms with van der Waals surface area (Å²) in [7, 11) is 0. The van der Waals surface area contributed by atoms with Gasteiger partial charge in [-0.3, -0.25) is 4.79 Å². The zero-order valence-electron chi connectivity index (χ0n) is 8.71. The molecule has 96 valence electrons. The topological polar surface area (TPSA) is 44.1 Å². The average molecular weight is 271 g/mol. The van der Waals surface area contributed by atoms with Crippen LogP contribution in [0.25, 0.3) is 0 Å². The van der Waals surface area contributed by atoms with Crippen LogP contribution in [0.4, 0.5) is 13.2 Å². The van der Waals surface area contributed by atoms with Crippen molar-refractivity contribution in [2.24, 2.45) is 0 Å². The summed E-state index contributed by atoms with van der Waals surface area (Å²) in [5, 5.41) is -0.163. The number of ether oxygens (including phenoxy) is 1. The van der Waals surface area contributed by atoms with Crippen LogP contribution in [0.15, 0.2) is 17.2 Å². The highest BCUT2D eigenvalue weighted by molar-refractivity contribution is 6.29. The fourth-order valence-corrected chi connectivity index (χ4v) is 1.29. The maximum atomic E-state index is 11.7. The summed E-state index contributed by atoms with van der Waals surface area (Å²) in [5.74, 6) is 0. The molecule has 1 aromatic rings. The molecule has 4 nitrogen and oxygen atoms in total. The van der Waals surface area contributed by atoms with Crippen molar-refractivity contribution < 1.29 is 17.9 Å². The van der Waals surface area contributed by atoms with E-state index in [2.05, 4.69) is 9.72 Å². The Morgan fingerprint density at radius 2 is 2.18 bits per heavy atom. The monoisotopic (exact) mass is 270 g/mol. The highest BCUT2D eigenvalue weighted by atomic mass is 35.5. The molecule has 0 atom stereocenters. The molecule has 1 heterocycles. The lowest BCUT2D eigenvalue weighted by atomic mass is 10.4. The Morgan fingerprint density at radius 3 is 2.82 bits per heavy atom. The minimum absolute atomic E-state index is 0.0775. The number of halogens is 4. The largest absolute Gasteiger partial charge is 0.411 e. The number of rotatable bonds is 5. The van der Waals surface area contributed by atoms with Gasteiger partial charge in [0, 0.05) is 25.5 Å². The molecule has 17 heavy (non-hydrogen) atoms. The fraction of sp³-hybridized carbons (Fsp3) is 0.556. The second-order valence-electron chi connectivity index (χ2n) is 3.24. The number of alkyl halides is 3. The predicted molar refractivity (Wildman–Crippen MR) is 55.0 cm³/mol. The average Bonchev–Trinajstić information content (AvgIpc) is 2.22. The first-order valence-electron chi connectivity index (χ1n) is 4.75. The van der Waals surface area contributed by atoms with E-state index in [1.807, 2.05) is 0 Å². The molecular weight excluding hydrogens is 261 g/mol. The molecule has 0 amide bonds. The molecule has 0 saturated heterocycles. The van der Waals surface area contributed by atoms with Crippen LogP contribution in [0.1, 0.15) is 6.42 Å². The summed E-state index contributed by atoms with van der Waals surface area (Å²) in [6, 6.07) is 0.